The molecule has 0 radical (unpaired) electrons. The zero-order valence-electron chi connectivity index (χ0n) is 12.5. The van der Waals surface area contributed by atoms with E-state index in [-0.39, 0.29) is 11.8 Å². The maximum atomic E-state index is 12.1. The number of anilines is 1. The highest BCUT2D eigenvalue weighted by atomic mass is 16.1. The Morgan fingerprint density at radius 2 is 1.90 bits per heavy atom. The van der Waals surface area contributed by atoms with E-state index in [1.165, 1.54) is 24.8 Å². The number of rotatable bonds is 6. The number of carbonyl (C=O) groups is 1. The highest BCUT2D eigenvalue weighted by molar-refractivity contribution is 5.92. The molecule has 2 rings (SSSR count). The molecule has 3 heteroatoms. The predicted molar refractivity (Wildman–Crippen MR) is 83.9 cm³/mol. The van der Waals surface area contributed by atoms with Crippen LogP contribution in [0.5, 0.6) is 0 Å². The van der Waals surface area contributed by atoms with Crippen molar-refractivity contribution in [3.63, 3.8) is 0 Å². The van der Waals surface area contributed by atoms with Gasteiger partial charge < -0.3 is 10.6 Å². The molecule has 0 spiro atoms. The van der Waals surface area contributed by atoms with E-state index in [1.807, 2.05) is 12.1 Å². The molecular weight excluding hydrogens is 248 g/mol. The maximum absolute atomic E-state index is 12.1. The lowest BCUT2D eigenvalue weighted by Crippen LogP contribution is -2.34. The third-order valence-electron chi connectivity index (χ3n) is 4.00. The number of hydrogen-bond acceptors (Lipinski definition) is 2. The Balaban J connectivity index is 1.81. The van der Waals surface area contributed by atoms with E-state index >= 15 is 0 Å². The number of unbranched alkanes of at least 4 members (excludes halogenated alkanes) is 2. The molecule has 0 bridgehead atoms. The van der Waals surface area contributed by atoms with Crippen LogP contribution in [0.4, 0.5) is 5.69 Å². The number of aryl methyl sites for hydroxylation is 1. The summed E-state index contributed by atoms with van der Waals surface area (Å²) in [5.41, 5.74) is 2.28. The summed E-state index contributed by atoms with van der Waals surface area (Å²) in [5, 5.41) is 6.32. The van der Waals surface area contributed by atoms with Gasteiger partial charge in [0.15, 0.2) is 0 Å². The zero-order chi connectivity index (χ0) is 14.2. The van der Waals surface area contributed by atoms with Crippen molar-refractivity contribution in [1.29, 1.82) is 0 Å². The molecule has 0 aliphatic carbocycles. The SMILES string of the molecule is CCCCCc1ccc(NC(=O)C2CCNCC2)cc1. The van der Waals surface area contributed by atoms with Crippen molar-refractivity contribution < 1.29 is 4.79 Å². The Morgan fingerprint density at radius 3 is 2.55 bits per heavy atom. The van der Waals surface area contributed by atoms with Gasteiger partial charge in [0.1, 0.15) is 0 Å². The fourth-order valence-corrected chi connectivity index (χ4v) is 2.66. The van der Waals surface area contributed by atoms with E-state index in [1.54, 1.807) is 0 Å². The molecule has 110 valence electrons. The Labute approximate surface area is 122 Å². The van der Waals surface area contributed by atoms with Gasteiger partial charge >= 0.3 is 0 Å². The number of amides is 1. The molecule has 1 fully saturated rings. The van der Waals surface area contributed by atoms with Crippen molar-refractivity contribution in [3.8, 4) is 0 Å². The third kappa shape index (κ3) is 4.64. The summed E-state index contributed by atoms with van der Waals surface area (Å²) < 4.78 is 0. The van der Waals surface area contributed by atoms with Crippen molar-refractivity contribution in [1.82, 2.24) is 5.32 Å². The summed E-state index contributed by atoms with van der Waals surface area (Å²) >= 11 is 0. The monoisotopic (exact) mass is 274 g/mol. The van der Waals surface area contributed by atoms with Gasteiger partial charge in [-0.1, -0.05) is 31.9 Å². The number of benzene rings is 1. The second-order valence-corrected chi connectivity index (χ2v) is 5.67. The topological polar surface area (TPSA) is 41.1 Å². The summed E-state index contributed by atoms with van der Waals surface area (Å²) in [6, 6.07) is 8.32. The van der Waals surface area contributed by atoms with Crippen LogP contribution in [0.1, 0.15) is 44.6 Å². The van der Waals surface area contributed by atoms with Crippen LogP contribution < -0.4 is 10.6 Å². The van der Waals surface area contributed by atoms with E-state index in [0.29, 0.717) is 0 Å². The van der Waals surface area contributed by atoms with E-state index in [2.05, 4.69) is 29.7 Å². The van der Waals surface area contributed by atoms with Crippen LogP contribution in [0.25, 0.3) is 0 Å². The number of nitrogens with one attached hydrogen (secondary N) is 2. The van der Waals surface area contributed by atoms with E-state index in [0.717, 1.165) is 38.0 Å². The van der Waals surface area contributed by atoms with Gasteiger partial charge in [0.25, 0.3) is 0 Å². The van der Waals surface area contributed by atoms with Crippen molar-refractivity contribution in [2.75, 3.05) is 18.4 Å². The molecule has 1 heterocycles. The molecule has 1 aliphatic heterocycles. The summed E-state index contributed by atoms with van der Waals surface area (Å²) in [5.74, 6) is 0.339. The smallest absolute Gasteiger partial charge is 0.227 e. The highest BCUT2D eigenvalue weighted by Gasteiger charge is 2.20. The summed E-state index contributed by atoms with van der Waals surface area (Å²) in [6.45, 7) is 4.13. The molecule has 0 aromatic heterocycles. The third-order valence-corrected chi connectivity index (χ3v) is 4.00. The Morgan fingerprint density at radius 1 is 1.20 bits per heavy atom. The first-order valence-corrected chi connectivity index (χ1v) is 7.90. The maximum Gasteiger partial charge on any atom is 0.227 e. The normalized spacial score (nSPS) is 16.1. The molecular formula is C17H26N2O. The predicted octanol–water partition coefficient (Wildman–Crippen LogP) is 3.36. The average molecular weight is 274 g/mol. The quantitative estimate of drug-likeness (QED) is 0.781. The Bertz CT molecular complexity index is 408. The standard InChI is InChI=1S/C17H26N2O/c1-2-3-4-5-14-6-8-16(9-7-14)19-17(20)15-10-12-18-13-11-15/h6-9,15,18H,2-5,10-13H2,1H3,(H,19,20). The van der Waals surface area contributed by atoms with Crippen LogP contribution >= 0.6 is 0 Å². The molecule has 3 nitrogen and oxygen atoms in total. The second kappa shape index (κ2) is 8.05. The average Bonchev–Trinajstić information content (AvgIpc) is 2.50. The number of piperidine rings is 1. The van der Waals surface area contributed by atoms with Crippen molar-refractivity contribution in [2.24, 2.45) is 5.92 Å². The van der Waals surface area contributed by atoms with Gasteiger partial charge in [-0.2, -0.15) is 0 Å². The lowest BCUT2D eigenvalue weighted by Gasteiger charge is -2.21. The van der Waals surface area contributed by atoms with Crippen LogP contribution in [0.3, 0.4) is 0 Å². The first-order chi connectivity index (χ1) is 9.79. The first-order valence-electron chi connectivity index (χ1n) is 7.90. The van der Waals surface area contributed by atoms with Gasteiger partial charge in [-0.15, -0.1) is 0 Å². The van der Waals surface area contributed by atoms with Crippen LogP contribution in [-0.2, 0) is 11.2 Å². The van der Waals surface area contributed by atoms with Gasteiger partial charge in [-0.05, 0) is 56.5 Å². The highest BCUT2D eigenvalue weighted by Crippen LogP contribution is 2.17. The van der Waals surface area contributed by atoms with Gasteiger partial charge in [-0.3, -0.25) is 4.79 Å². The lowest BCUT2D eigenvalue weighted by atomic mass is 9.97. The molecule has 1 aromatic carbocycles. The minimum atomic E-state index is 0.167. The van der Waals surface area contributed by atoms with Crippen molar-refractivity contribution in [3.05, 3.63) is 29.8 Å². The summed E-state index contributed by atoms with van der Waals surface area (Å²) in [7, 11) is 0. The van der Waals surface area contributed by atoms with E-state index in [9.17, 15) is 4.79 Å². The fourth-order valence-electron chi connectivity index (χ4n) is 2.66. The van der Waals surface area contributed by atoms with Gasteiger partial charge in [-0.25, -0.2) is 0 Å². The molecule has 0 atom stereocenters. The molecule has 0 unspecified atom stereocenters. The minimum absolute atomic E-state index is 0.167. The molecule has 1 aliphatic rings. The molecule has 1 amide bonds. The molecule has 0 saturated carbocycles. The number of hydrogen-bond donors (Lipinski definition) is 2. The first kappa shape index (κ1) is 15.0. The Hall–Kier alpha value is -1.35. The van der Waals surface area contributed by atoms with Crippen molar-refractivity contribution >= 4 is 11.6 Å². The fraction of sp³-hybridized carbons (Fsp3) is 0.588. The van der Waals surface area contributed by atoms with Gasteiger partial charge in [0.05, 0.1) is 0 Å². The van der Waals surface area contributed by atoms with Crippen LogP contribution in [-0.4, -0.2) is 19.0 Å². The van der Waals surface area contributed by atoms with E-state index in [4.69, 9.17) is 0 Å². The lowest BCUT2D eigenvalue weighted by molar-refractivity contribution is -0.120. The van der Waals surface area contributed by atoms with Gasteiger partial charge in [0, 0.05) is 11.6 Å². The van der Waals surface area contributed by atoms with Crippen LogP contribution in [0.15, 0.2) is 24.3 Å². The van der Waals surface area contributed by atoms with Gasteiger partial charge in [0.2, 0.25) is 5.91 Å². The Kier molecular flexibility index (Phi) is 6.06. The zero-order valence-corrected chi connectivity index (χ0v) is 12.5. The summed E-state index contributed by atoms with van der Waals surface area (Å²) in [4.78, 5) is 12.1. The number of carbonyl (C=O) groups excluding carboxylic acids is 1. The van der Waals surface area contributed by atoms with Crippen LogP contribution in [0, 0.1) is 5.92 Å². The molecule has 1 aromatic rings. The largest absolute Gasteiger partial charge is 0.326 e. The van der Waals surface area contributed by atoms with E-state index < -0.39 is 0 Å². The summed E-state index contributed by atoms with van der Waals surface area (Å²) in [6.07, 6.45) is 6.81. The molecule has 20 heavy (non-hydrogen) atoms. The van der Waals surface area contributed by atoms with Crippen LogP contribution in [0.2, 0.25) is 0 Å². The minimum Gasteiger partial charge on any atom is -0.326 e. The molecule has 2 N–H and O–H groups in total. The second-order valence-electron chi connectivity index (χ2n) is 5.67. The molecule has 1 saturated heterocycles. The van der Waals surface area contributed by atoms with Crippen molar-refractivity contribution in [2.45, 2.75) is 45.4 Å².